The summed E-state index contributed by atoms with van der Waals surface area (Å²) in [5, 5.41) is 30.5. The number of aliphatic hydroxyl groups excluding tert-OH is 2. The highest BCUT2D eigenvalue weighted by molar-refractivity contribution is 6.37. The first kappa shape index (κ1) is 96.1. The molecule has 0 aliphatic carbocycles. The molecule has 5 fully saturated rings. The summed E-state index contributed by atoms with van der Waals surface area (Å²) in [4.78, 5) is 81.0. The molecular weight excluding hydrogens is 1930 g/mol. The number of nitrogens with two attached hydrogens (primary N) is 5. The van der Waals surface area contributed by atoms with Crippen molar-refractivity contribution in [3.63, 3.8) is 0 Å². The first-order chi connectivity index (χ1) is 71.3. The van der Waals surface area contributed by atoms with Crippen molar-refractivity contribution in [3.05, 3.63) is 329 Å². The van der Waals surface area contributed by atoms with E-state index in [0.29, 0.717) is 140 Å². The van der Waals surface area contributed by atoms with Crippen molar-refractivity contribution >= 4 is 171 Å². The van der Waals surface area contributed by atoms with Gasteiger partial charge in [-0.15, -0.1) is 0 Å². The van der Waals surface area contributed by atoms with Crippen LogP contribution < -0.4 is 58.5 Å². The first-order valence-corrected chi connectivity index (χ1v) is 49.9. The molecule has 5 aliphatic heterocycles. The maximum absolute atomic E-state index is 9.89. The topological polar surface area (TPSA) is 392 Å². The number of benzene rings is 10. The third-order valence-electron chi connectivity index (χ3n) is 26.1. The van der Waals surface area contributed by atoms with Crippen LogP contribution in [0, 0.1) is 0 Å². The van der Waals surface area contributed by atoms with Crippen LogP contribution in [-0.2, 0) is 0 Å². The summed E-state index contributed by atoms with van der Waals surface area (Å²) in [5.74, 6) is 5.45. The van der Waals surface area contributed by atoms with E-state index in [9.17, 15) is 10.2 Å². The number of anilines is 10. The quantitative estimate of drug-likeness (QED) is 0.0472. The number of piperidine rings is 1. The monoisotopic (exact) mass is 2020 g/mol. The van der Waals surface area contributed by atoms with Gasteiger partial charge >= 0.3 is 0 Å². The molecule has 0 spiro atoms. The van der Waals surface area contributed by atoms with Crippen molar-refractivity contribution in [2.24, 2.45) is 0 Å². The van der Waals surface area contributed by atoms with Crippen molar-refractivity contribution in [2.45, 2.75) is 44.3 Å². The van der Waals surface area contributed by atoms with Gasteiger partial charge < -0.3 is 63.4 Å². The largest absolute Gasteiger partial charge is 0.393 e. The number of rotatable bonds is 15. The van der Waals surface area contributed by atoms with Crippen molar-refractivity contribution in [3.8, 4) is 113 Å². The average molecular weight is 2030 g/mol. The Balaban J connectivity index is 0.000000107. The molecule has 0 bridgehead atoms. The molecule has 146 heavy (non-hydrogen) atoms. The Bertz CT molecular complexity index is 8030. The second kappa shape index (κ2) is 42.9. The van der Waals surface area contributed by atoms with Gasteiger partial charge in [0.25, 0.3) is 0 Å². The lowest BCUT2D eigenvalue weighted by Crippen LogP contribution is -2.51. The van der Waals surface area contributed by atoms with Crippen molar-refractivity contribution in [1.29, 1.82) is 0 Å². The van der Waals surface area contributed by atoms with E-state index in [1.54, 1.807) is 31.0 Å². The van der Waals surface area contributed by atoms with Gasteiger partial charge in [0, 0.05) is 179 Å². The molecule has 25 rings (SSSR count). The van der Waals surface area contributed by atoms with E-state index in [0.717, 1.165) is 214 Å². The van der Waals surface area contributed by atoms with E-state index in [1.165, 1.54) is 0 Å². The number of halogens is 5. The fourth-order valence-corrected chi connectivity index (χ4v) is 20.0. The molecule has 28 nitrogen and oxygen atoms in total. The highest BCUT2D eigenvalue weighted by Crippen LogP contribution is 2.46. The second-order valence-electron chi connectivity index (χ2n) is 35.9. The molecule has 726 valence electrons. The molecule has 5 saturated heterocycles. The van der Waals surface area contributed by atoms with Crippen LogP contribution in [0.2, 0.25) is 25.1 Å². The molecule has 15 heterocycles. The van der Waals surface area contributed by atoms with Crippen LogP contribution in [0.4, 0.5) is 58.2 Å². The number of nitrogens with one attached hydrogen (secondary N) is 1. The van der Waals surface area contributed by atoms with E-state index in [2.05, 4.69) is 62.0 Å². The Morgan fingerprint density at radius 1 is 0.240 bits per heavy atom. The Morgan fingerprint density at radius 3 is 0.705 bits per heavy atom. The molecule has 0 saturated carbocycles. The normalized spacial score (nSPS) is 14.1. The number of hydrogen-bond donors (Lipinski definition) is 8. The Morgan fingerprint density at radius 2 is 0.473 bits per heavy atom. The summed E-state index contributed by atoms with van der Waals surface area (Å²) in [7, 11) is 0. The summed E-state index contributed by atoms with van der Waals surface area (Å²) in [6, 6.07) is 88.7. The number of aromatic nitrogens is 15. The van der Waals surface area contributed by atoms with E-state index in [4.69, 9.17) is 137 Å². The minimum atomic E-state index is -0.366. The van der Waals surface area contributed by atoms with Crippen LogP contribution in [-0.4, -0.2) is 169 Å². The Labute approximate surface area is 866 Å². The molecule has 10 aromatic carbocycles. The number of fused-ring (bicyclic) bond motifs is 5. The van der Waals surface area contributed by atoms with Crippen molar-refractivity contribution in [1.82, 2.24) is 80.1 Å². The van der Waals surface area contributed by atoms with Gasteiger partial charge in [0.15, 0.2) is 58.2 Å². The Hall–Kier alpha value is -16.0. The number of pyridine rings is 5. The van der Waals surface area contributed by atoms with Crippen LogP contribution in [0.5, 0.6) is 0 Å². The van der Waals surface area contributed by atoms with Crippen LogP contribution in [0.1, 0.15) is 32.1 Å². The second-order valence-corrected chi connectivity index (χ2v) is 37.9. The van der Waals surface area contributed by atoms with Gasteiger partial charge in [-0.2, -0.15) is 0 Å². The SMILES string of the molecule is Nc1nc(-c2ccccc2)c(-c2cc(Cl)c3ncccc3c2)nc1N1CC(O)C1.Nc1nc(-c2ccccc2)c(-c2cc(Cl)c3ncccc3c2)nc1N1CCC(O)CC1.Nc1nc(-c2ccccc2)c(-c2cc(Cl)c3ncccc3c2)nc1N1CCC1.Nc1nc(-c2ccccc2)c(-c2cc(Cl)c3ncccc3c2)nc1N1CCCC1.Nc1nc(-c2ccccc2)c(-c2cc(Cl)c3ncccc3c2)nc1N1CCNC1. The average Bonchev–Trinajstić information content (AvgIpc) is 0.852. The fourth-order valence-electron chi connectivity index (χ4n) is 18.6. The molecule has 0 atom stereocenters. The van der Waals surface area contributed by atoms with Crippen LogP contribution >= 0.6 is 58.0 Å². The number of nitrogens with zero attached hydrogens (tertiary/aromatic N) is 20. The lowest BCUT2D eigenvalue weighted by Gasteiger charge is -2.37. The number of nitrogen functional groups attached to an aromatic ring is 5. The molecule has 0 unspecified atom stereocenters. The molecule has 20 aromatic rings. The van der Waals surface area contributed by atoms with Gasteiger partial charge in [0.1, 0.15) is 0 Å². The van der Waals surface area contributed by atoms with E-state index in [1.807, 2.05) is 266 Å². The third-order valence-corrected chi connectivity index (χ3v) is 27.5. The standard InChI is InChI=1S/C24H22ClN5O.C23H20ClN5.C22H19ClN6.C22H18ClN5O.C22H18ClN5/c25-19-14-17(13-16-7-4-10-27-20(16)19)22-21(15-5-2-1-3-6-15)28-23(26)24(29-22)30-11-8-18(31)9-12-30;24-18-14-17(13-16-9-6-10-26-19(16)18)21-20(15-7-2-1-3-8-15)27-22(25)23(28-21)29-11-4-5-12-29;23-17-12-16(11-15-7-4-8-26-18(15)17)20-19(14-5-2-1-3-6-14)27-21(24)22(28-20)29-10-9-25-13-29;23-17-10-15(9-14-7-4-8-25-18(14)17)20-19(13-5-2-1-3-6-13)26-21(24)22(27-20)28-11-16(29)12-28;23-17-13-16(12-15-8-4-9-25-18(15)17)20-19(14-6-2-1-3-7-14)26-21(24)22(27-20)28-10-5-11-28/h1-7,10,13-14,18,31H,8-9,11-12H2,(H2,26,28);1-3,6-10,13-14H,4-5,11-12H2,(H2,25,27);1-8,11-12,25H,9-10,13H2,(H2,24,27);1-10,16,29H,11-12H2,(H2,24,26);1-4,6-9,12-13H,5,10-11H2,(H2,24,26). The van der Waals surface area contributed by atoms with Crippen molar-refractivity contribution in [2.75, 3.05) is 125 Å². The van der Waals surface area contributed by atoms with Crippen LogP contribution in [0.15, 0.2) is 304 Å². The first-order valence-electron chi connectivity index (χ1n) is 48.0. The van der Waals surface area contributed by atoms with E-state index in [-0.39, 0.29) is 12.2 Å². The van der Waals surface area contributed by atoms with Crippen LogP contribution in [0.3, 0.4) is 0 Å². The summed E-state index contributed by atoms with van der Waals surface area (Å²) in [6.45, 7) is 8.59. The maximum atomic E-state index is 9.89. The Kier molecular flexibility index (Phi) is 28.2. The number of hydrogen-bond acceptors (Lipinski definition) is 28. The van der Waals surface area contributed by atoms with Gasteiger partial charge in [-0.25, -0.2) is 49.8 Å². The third kappa shape index (κ3) is 20.5. The molecule has 10 aromatic heterocycles. The minimum absolute atomic E-state index is 0.278. The van der Waals surface area contributed by atoms with Gasteiger partial charge in [-0.1, -0.05) is 240 Å². The molecule has 13 N–H and O–H groups in total. The predicted octanol–water partition coefficient (Wildman–Crippen LogP) is 22.3. The summed E-state index contributed by atoms with van der Waals surface area (Å²) < 4.78 is 0. The maximum Gasteiger partial charge on any atom is 0.173 e. The zero-order chi connectivity index (χ0) is 100. The lowest BCUT2D eigenvalue weighted by atomic mass is 10.0. The van der Waals surface area contributed by atoms with E-state index >= 15 is 0 Å². The van der Waals surface area contributed by atoms with Crippen molar-refractivity contribution < 1.29 is 10.2 Å². The summed E-state index contributed by atoms with van der Waals surface area (Å²) in [6.07, 6.45) is 12.8. The van der Waals surface area contributed by atoms with Gasteiger partial charge in [-0.05, 0) is 123 Å². The van der Waals surface area contributed by atoms with E-state index < -0.39 is 0 Å². The number of β-amino-alcohol motifs (C(OH)–C–C–N with tert-alkyl or cyclic N) is 1. The fraction of sp³-hybridized carbons (Fsp3) is 0.159. The van der Waals surface area contributed by atoms with Gasteiger partial charge in [-0.3, -0.25) is 30.2 Å². The zero-order valence-corrected chi connectivity index (χ0v) is 82.7. The number of aliphatic hydroxyl groups is 2. The molecule has 0 radical (unpaired) electrons. The molecular formula is C113H97Cl5N26O2. The van der Waals surface area contributed by atoms with Crippen LogP contribution in [0.25, 0.3) is 167 Å². The molecule has 0 amide bonds. The predicted molar refractivity (Wildman–Crippen MR) is 592 cm³/mol. The smallest absolute Gasteiger partial charge is 0.173 e. The molecule has 33 heteroatoms. The highest BCUT2D eigenvalue weighted by atomic mass is 35.5. The minimum Gasteiger partial charge on any atom is -0.393 e. The summed E-state index contributed by atoms with van der Waals surface area (Å²) >= 11 is 32.7. The highest BCUT2D eigenvalue weighted by Gasteiger charge is 2.33. The van der Waals surface area contributed by atoms with Gasteiger partial charge in [0.05, 0.1) is 129 Å². The lowest BCUT2D eigenvalue weighted by molar-refractivity contribution is 0.141. The van der Waals surface area contributed by atoms with Gasteiger partial charge in [0.2, 0.25) is 0 Å². The summed E-state index contributed by atoms with van der Waals surface area (Å²) in [5.41, 5.74) is 51.9. The zero-order valence-electron chi connectivity index (χ0n) is 79.0. The molecule has 5 aliphatic rings.